The van der Waals surface area contributed by atoms with Gasteiger partial charge in [0.1, 0.15) is 17.6 Å². The van der Waals surface area contributed by atoms with E-state index >= 15 is 0 Å². The van der Waals surface area contributed by atoms with Gasteiger partial charge < -0.3 is 14.5 Å². The number of amides is 2. The third kappa shape index (κ3) is 4.98. The smallest absolute Gasteiger partial charge is 0.225 e. The summed E-state index contributed by atoms with van der Waals surface area (Å²) < 4.78 is 5.39. The molecule has 1 aromatic heterocycles. The van der Waals surface area contributed by atoms with Gasteiger partial charge in [-0.25, -0.2) is 4.98 Å². The van der Waals surface area contributed by atoms with E-state index in [2.05, 4.69) is 15.2 Å². The van der Waals surface area contributed by atoms with Gasteiger partial charge in [-0.3, -0.25) is 14.7 Å². The number of aromatic amines is 1. The highest BCUT2D eigenvalue weighted by atomic mass is 16.5. The van der Waals surface area contributed by atoms with Crippen LogP contribution < -0.4 is 4.74 Å². The second-order valence-corrected chi connectivity index (χ2v) is 7.99. The molecule has 1 fully saturated rings. The van der Waals surface area contributed by atoms with E-state index in [9.17, 15) is 9.59 Å². The predicted molar refractivity (Wildman–Crippen MR) is 113 cm³/mol. The molecule has 1 atom stereocenters. The highest BCUT2D eigenvalue weighted by molar-refractivity contribution is 5.79. The van der Waals surface area contributed by atoms with Crippen molar-refractivity contribution in [3.05, 3.63) is 41.5 Å². The lowest BCUT2D eigenvalue weighted by atomic mass is 10.1. The van der Waals surface area contributed by atoms with Crippen molar-refractivity contribution < 1.29 is 14.3 Å². The zero-order chi connectivity index (χ0) is 21.7. The Balaban J connectivity index is 1.75. The zero-order valence-electron chi connectivity index (χ0n) is 18.2. The van der Waals surface area contributed by atoms with Crippen LogP contribution in [0.15, 0.2) is 24.3 Å². The SMILES string of the molecule is COc1ccccc1CCC(=O)N1CCCN(C(=O)C(C)C)C(c2n[nH]c(C)n2)C1. The van der Waals surface area contributed by atoms with Gasteiger partial charge in [0, 0.05) is 32.0 Å². The van der Waals surface area contributed by atoms with Crippen molar-refractivity contribution in [1.82, 2.24) is 25.0 Å². The number of nitrogens with one attached hydrogen (secondary N) is 1. The summed E-state index contributed by atoms with van der Waals surface area (Å²) in [5, 5.41) is 7.16. The summed E-state index contributed by atoms with van der Waals surface area (Å²) in [5.41, 5.74) is 1.01. The molecule has 1 aliphatic rings. The van der Waals surface area contributed by atoms with Gasteiger partial charge >= 0.3 is 0 Å². The van der Waals surface area contributed by atoms with Crippen LogP contribution in [0.25, 0.3) is 0 Å². The van der Waals surface area contributed by atoms with E-state index in [4.69, 9.17) is 4.74 Å². The highest BCUT2D eigenvalue weighted by Crippen LogP contribution is 2.26. The monoisotopic (exact) mass is 413 g/mol. The average molecular weight is 414 g/mol. The summed E-state index contributed by atoms with van der Waals surface area (Å²) >= 11 is 0. The zero-order valence-corrected chi connectivity index (χ0v) is 18.2. The molecule has 1 unspecified atom stereocenters. The van der Waals surface area contributed by atoms with Crippen molar-refractivity contribution in [2.75, 3.05) is 26.7 Å². The van der Waals surface area contributed by atoms with Gasteiger partial charge in [-0.1, -0.05) is 32.0 Å². The molecule has 0 radical (unpaired) electrons. The number of hydrogen-bond donors (Lipinski definition) is 1. The molecule has 162 valence electrons. The number of aromatic nitrogens is 3. The normalized spacial score (nSPS) is 17.2. The van der Waals surface area contributed by atoms with E-state index in [1.165, 1.54) is 0 Å². The molecule has 1 N–H and O–H groups in total. The Morgan fingerprint density at radius 1 is 1.27 bits per heavy atom. The van der Waals surface area contributed by atoms with Crippen LogP contribution >= 0.6 is 0 Å². The van der Waals surface area contributed by atoms with Crippen LogP contribution in [0.2, 0.25) is 0 Å². The minimum atomic E-state index is -0.345. The van der Waals surface area contributed by atoms with Crippen molar-refractivity contribution in [2.24, 2.45) is 5.92 Å². The minimum Gasteiger partial charge on any atom is -0.496 e. The molecule has 0 bridgehead atoms. The van der Waals surface area contributed by atoms with Crippen LogP contribution in [-0.4, -0.2) is 63.5 Å². The van der Waals surface area contributed by atoms with Gasteiger partial charge in [-0.15, -0.1) is 0 Å². The molecule has 30 heavy (non-hydrogen) atoms. The molecule has 0 aliphatic carbocycles. The summed E-state index contributed by atoms with van der Waals surface area (Å²) in [4.78, 5) is 34.0. The predicted octanol–water partition coefficient (Wildman–Crippen LogP) is 2.51. The fourth-order valence-electron chi connectivity index (χ4n) is 3.85. The molecule has 8 heteroatoms. The molecule has 0 saturated carbocycles. The van der Waals surface area contributed by atoms with Gasteiger partial charge in [0.15, 0.2) is 5.82 Å². The number of carbonyl (C=O) groups excluding carboxylic acids is 2. The van der Waals surface area contributed by atoms with Gasteiger partial charge in [0.05, 0.1) is 7.11 Å². The van der Waals surface area contributed by atoms with Crippen molar-refractivity contribution in [3.63, 3.8) is 0 Å². The number of nitrogens with zero attached hydrogens (tertiary/aromatic N) is 4. The van der Waals surface area contributed by atoms with Crippen molar-refractivity contribution in [3.8, 4) is 5.75 Å². The van der Waals surface area contributed by atoms with Crippen LogP contribution in [0.1, 0.15) is 49.9 Å². The summed E-state index contributed by atoms with van der Waals surface area (Å²) in [6.45, 7) is 7.23. The topological polar surface area (TPSA) is 91.4 Å². The van der Waals surface area contributed by atoms with E-state index in [-0.39, 0.29) is 23.8 Å². The lowest BCUT2D eigenvalue weighted by Gasteiger charge is -2.31. The summed E-state index contributed by atoms with van der Waals surface area (Å²) in [5.74, 6) is 2.05. The van der Waals surface area contributed by atoms with Crippen LogP contribution in [0.4, 0.5) is 0 Å². The number of H-pyrrole nitrogens is 1. The first kappa shape index (κ1) is 21.8. The minimum absolute atomic E-state index is 0.0609. The number of aryl methyl sites for hydroxylation is 2. The summed E-state index contributed by atoms with van der Waals surface area (Å²) in [6, 6.07) is 7.41. The Labute approximate surface area is 177 Å². The molecule has 2 amide bonds. The molecule has 8 nitrogen and oxygen atoms in total. The third-order valence-electron chi connectivity index (χ3n) is 5.44. The second-order valence-electron chi connectivity index (χ2n) is 7.99. The van der Waals surface area contributed by atoms with Gasteiger partial charge in [-0.2, -0.15) is 5.10 Å². The molecule has 1 aliphatic heterocycles. The standard InChI is InChI=1S/C22H31N5O3/c1-15(2)22(29)27-13-7-12-26(14-18(27)21-23-16(3)24-25-21)20(28)11-10-17-8-5-6-9-19(17)30-4/h5-6,8-9,15,18H,7,10-14H2,1-4H3,(H,23,24,25). The fraction of sp³-hybridized carbons (Fsp3) is 0.545. The molecule has 3 rings (SSSR count). The number of ether oxygens (including phenoxy) is 1. The van der Waals surface area contributed by atoms with Crippen LogP contribution in [-0.2, 0) is 16.0 Å². The van der Waals surface area contributed by atoms with Crippen LogP contribution in [0.3, 0.4) is 0 Å². The summed E-state index contributed by atoms with van der Waals surface area (Å²) in [6.07, 6.45) is 1.73. The third-order valence-corrected chi connectivity index (χ3v) is 5.44. The van der Waals surface area contributed by atoms with Crippen LogP contribution in [0, 0.1) is 12.8 Å². The second kappa shape index (κ2) is 9.73. The maximum Gasteiger partial charge on any atom is 0.225 e. The Kier molecular flexibility index (Phi) is 7.07. The molecule has 1 aromatic carbocycles. The molecule has 2 aromatic rings. The average Bonchev–Trinajstić information content (AvgIpc) is 3.05. The number of benzene rings is 1. The largest absolute Gasteiger partial charge is 0.496 e. The molecule has 2 heterocycles. The highest BCUT2D eigenvalue weighted by Gasteiger charge is 2.34. The van der Waals surface area contributed by atoms with Crippen molar-refractivity contribution in [1.29, 1.82) is 0 Å². The first-order chi connectivity index (χ1) is 14.4. The Morgan fingerprint density at radius 3 is 2.70 bits per heavy atom. The molecule has 1 saturated heterocycles. The molecule has 0 spiro atoms. The molecular weight excluding hydrogens is 382 g/mol. The number of carbonyl (C=O) groups is 2. The van der Waals surface area contributed by atoms with E-state index in [1.807, 2.05) is 54.8 Å². The lowest BCUT2D eigenvalue weighted by Crippen LogP contribution is -2.42. The molecular formula is C22H31N5O3. The fourth-order valence-corrected chi connectivity index (χ4v) is 3.85. The number of hydrogen-bond acceptors (Lipinski definition) is 5. The number of para-hydroxylation sites is 1. The van der Waals surface area contributed by atoms with Crippen molar-refractivity contribution in [2.45, 2.75) is 46.1 Å². The maximum atomic E-state index is 13.0. The van der Waals surface area contributed by atoms with E-state index < -0.39 is 0 Å². The van der Waals surface area contributed by atoms with E-state index in [0.717, 1.165) is 17.7 Å². The Bertz CT molecular complexity index is 879. The van der Waals surface area contributed by atoms with Gasteiger partial charge in [0.2, 0.25) is 11.8 Å². The Morgan fingerprint density at radius 2 is 2.03 bits per heavy atom. The van der Waals surface area contributed by atoms with Gasteiger partial charge in [0.25, 0.3) is 0 Å². The maximum absolute atomic E-state index is 13.0. The first-order valence-electron chi connectivity index (χ1n) is 10.5. The van der Waals surface area contributed by atoms with E-state index in [0.29, 0.717) is 44.1 Å². The van der Waals surface area contributed by atoms with E-state index in [1.54, 1.807) is 7.11 Å². The lowest BCUT2D eigenvalue weighted by molar-refractivity contribution is -0.138. The van der Waals surface area contributed by atoms with Gasteiger partial charge in [-0.05, 0) is 31.4 Å². The van der Waals surface area contributed by atoms with Crippen LogP contribution in [0.5, 0.6) is 5.75 Å². The Hall–Kier alpha value is -2.90. The number of methoxy groups -OCH3 is 1. The van der Waals surface area contributed by atoms with Crippen molar-refractivity contribution >= 4 is 11.8 Å². The number of rotatable bonds is 6. The first-order valence-corrected chi connectivity index (χ1v) is 10.5. The summed E-state index contributed by atoms with van der Waals surface area (Å²) in [7, 11) is 1.64. The quantitative estimate of drug-likeness (QED) is 0.786.